The highest BCUT2D eigenvalue weighted by Crippen LogP contribution is 2.29. The molecular weight excluding hydrogens is 326 g/mol. The molecule has 0 radical (unpaired) electrons. The molecule has 0 atom stereocenters. The second kappa shape index (κ2) is 5.93. The number of hydrogen-bond donors (Lipinski definition) is 0. The SMILES string of the molecule is O=C(c1ccco1)N1CCN(c2nc3ccccn3c2[N+](=O)[O-])CC1. The van der Waals surface area contributed by atoms with Gasteiger partial charge in [0.15, 0.2) is 5.76 Å². The minimum Gasteiger partial charge on any atom is -0.459 e. The Balaban J connectivity index is 1.57. The summed E-state index contributed by atoms with van der Waals surface area (Å²) >= 11 is 0. The first-order chi connectivity index (χ1) is 12.1. The highest BCUT2D eigenvalue weighted by molar-refractivity contribution is 5.91. The molecule has 0 unspecified atom stereocenters. The standard InChI is InChI=1S/C16H15N5O4/c22-16(12-4-3-11-25-12)19-9-7-18(8-10-19)14-15(21(23)24)20-6-2-1-5-13(20)17-14/h1-6,11H,7-10H2. The van der Waals surface area contributed by atoms with Gasteiger partial charge in [-0.3, -0.25) is 4.79 Å². The monoisotopic (exact) mass is 341 g/mol. The van der Waals surface area contributed by atoms with Gasteiger partial charge in [0.2, 0.25) is 11.5 Å². The maximum absolute atomic E-state index is 12.3. The quantitative estimate of drug-likeness (QED) is 0.532. The fourth-order valence-corrected chi connectivity index (χ4v) is 3.03. The van der Waals surface area contributed by atoms with Gasteiger partial charge >= 0.3 is 5.82 Å². The van der Waals surface area contributed by atoms with Crippen LogP contribution in [0.3, 0.4) is 0 Å². The molecule has 3 aromatic heterocycles. The molecule has 3 aromatic rings. The van der Waals surface area contributed by atoms with Gasteiger partial charge in [-0.05, 0) is 23.1 Å². The molecular formula is C16H15N5O4. The Kier molecular flexibility index (Phi) is 3.60. The highest BCUT2D eigenvalue weighted by atomic mass is 16.6. The molecule has 1 saturated heterocycles. The van der Waals surface area contributed by atoms with Gasteiger partial charge in [0.05, 0.1) is 12.5 Å². The predicted octanol–water partition coefficient (Wildman–Crippen LogP) is 1.80. The van der Waals surface area contributed by atoms with E-state index in [-0.39, 0.29) is 11.7 Å². The van der Waals surface area contributed by atoms with Gasteiger partial charge in [-0.1, -0.05) is 6.07 Å². The van der Waals surface area contributed by atoms with Crippen molar-refractivity contribution in [1.82, 2.24) is 14.3 Å². The summed E-state index contributed by atoms with van der Waals surface area (Å²) in [6, 6.07) is 8.54. The van der Waals surface area contributed by atoms with Crippen LogP contribution in [-0.2, 0) is 0 Å². The van der Waals surface area contributed by atoms with Gasteiger partial charge in [0.25, 0.3) is 5.91 Å². The zero-order valence-electron chi connectivity index (χ0n) is 13.2. The number of fused-ring (bicyclic) bond motifs is 1. The molecule has 0 aliphatic carbocycles. The van der Waals surface area contributed by atoms with Crippen LogP contribution < -0.4 is 4.90 Å². The second-order valence-electron chi connectivity index (χ2n) is 5.70. The first kappa shape index (κ1) is 15.2. The number of pyridine rings is 1. The molecule has 0 N–H and O–H groups in total. The Morgan fingerprint density at radius 3 is 2.64 bits per heavy atom. The van der Waals surface area contributed by atoms with E-state index in [9.17, 15) is 14.9 Å². The molecule has 1 aliphatic heterocycles. The molecule has 0 aromatic carbocycles. The number of nitro groups is 1. The Labute approximate surface area is 142 Å². The highest BCUT2D eigenvalue weighted by Gasteiger charge is 2.31. The summed E-state index contributed by atoms with van der Waals surface area (Å²) in [5.41, 5.74) is 0.526. The predicted molar refractivity (Wildman–Crippen MR) is 88.7 cm³/mol. The Morgan fingerprint density at radius 2 is 1.96 bits per heavy atom. The number of hydrogen-bond acceptors (Lipinski definition) is 6. The molecule has 0 saturated carbocycles. The minimum atomic E-state index is -0.421. The van der Waals surface area contributed by atoms with Crippen LogP contribution in [0.15, 0.2) is 47.2 Å². The summed E-state index contributed by atoms with van der Waals surface area (Å²) < 4.78 is 6.61. The smallest absolute Gasteiger partial charge is 0.372 e. The molecule has 128 valence electrons. The molecule has 0 spiro atoms. The lowest BCUT2D eigenvalue weighted by molar-refractivity contribution is -0.389. The van der Waals surface area contributed by atoms with E-state index in [4.69, 9.17) is 4.42 Å². The van der Waals surface area contributed by atoms with Crippen molar-refractivity contribution < 1.29 is 14.1 Å². The summed E-state index contributed by atoms with van der Waals surface area (Å²) in [5.74, 6) is 0.407. The number of furan rings is 1. The lowest BCUT2D eigenvalue weighted by Gasteiger charge is -2.34. The van der Waals surface area contributed by atoms with Crippen LogP contribution in [-0.4, -0.2) is 51.3 Å². The van der Waals surface area contributed by atoms with Crippen LogP contribution in [0.5, 0.6) is 0 Å². The van der Waals surface area contributed by atoms with E-state index in [2.05, 4.69) is 4.98 Å². The number of carbonyl (C=O) groups excluding carboxylic acids is 1. The molecule has 1 fully saturated rings. The van der Waals surface area contributed by atoms with E-state index in [1.807, 2.05) is 4.90 Å². The number of aromatic nitrogens is 2. The van der Waals surface area contributed by atoms with Crippen molar-refractivity contribution in [3.8, 4) is 0 Å². The number of rotatable bonds is 3. The van der Waals surface area contributed by atoms with Crippen LogP contribution in [0.2, 0.25) is 0 Å². The van der Waals surface area contributed by atoms with Gasteiger partial charge in [0, 0.05) is 32.2 Å². The third kappa shape index (κ3) is 2.59. The summed E-state index contributed by atoms with van der Waals surface area (Å²) in [5, 5.41) is 11.5. The van der Waals surface area contributed by atoms with E-state index in [0.29, 0.717) is 43.4 Å². The topological polar surface area (TPSA) is 97.1 Å². The number of nitrogens with zero attached hydrogens (tertiary/aromatic N) is 5. The molecule has 9 nitrogen and oxygen atoms in total. The van der Waals surface area contributed by atoms with Crippen LogP contribution in [0, 0.1) is 10.1 Å². The zero-order valence-corrected chi connectivity index (χ0v) is 13.2. The summed E-state index contributed by atoms with van der Waals surface area (Å²) in [7, 11) is 0. The normalized spacial score (nSPS) is 14.9. The van der Waals surface area contributed by atoms with E-state index >= 15 is 0 Å². The lowest BCUT2D eigenvalue weighted by atomic mass is 10.3. The van der Waals surface area contributed by atoms with Gasteiger partial charge in [0.1, 0.15) is 0 Å². The van der Waals surface area contributed by atoms with Gasteiger partial charge in [-0.2, -0.15) is 9.38 Å². The van der Waals surface area contributed by atoms with Gasteiger partial charge in [-0.15, -0.1) is 0 Å². The van der Waals surface area contributed by atoms with Crippen molar-refractivity contribution in [2.45, 2.75) is 0 Å². The van der Waals surface area contributed by atoms with Gasteiger partial charge < -0.3 is 24.3 Å². The van der Waals surface area contributed by atoms with Crippen molar-refractivity contribution in [3.63, 3.8) is 0 Å². The average molecular weight is 341 g/mol. The maximum atomic E-state index is 12.3. The molecule has 0 bridgehead atoms. The van der Waals surface area contributed by atoms with Crippen molar-refractivity contribution in [2.24, 2.45) is 0 Å². The molecule has 4 heterocycles. The average Bonchev–Trinajstić information content (AvgIpc) is 3.28. The molecule has 1 aliphatic rings. The molecule has 9 heteroatoms. The van der Waals surface area contributed by atoms with Crippen molar-refractivity contribution in [2.75, 3.05) is 31.1 Å². The van der Waals surface area contributed by atoms with Crippen molar-refractivity contribution in [1.29, 1.82) is 0 Å². The van der Waals surface area contributed by atoms with Crippen LogP contribution in [0.4, 0.5) is 11.6 Å². The minimum absolute atomic E-state index is 0.0542. The first-order valence-electron chi connectivity index (χ1n) is 7.84. The zero-order chi connectivity index (χ0) is 17.4. The van der Waals surface area contributed by atoms with E-state index in [1.54, 1.807) is 41.4 Å². The number of amides is 1. The number of piperazine rings is 1. The summed E-state index contributed by atoms with van der Waals surface area (Å²) in [6.07, 6.45) is 3.09. The molecule has 1 amide bonds. The summed E-state index contributed by atoms with van der Waals surface area (Å²) in [4.78, 5) is 31.3. The van der Waals surface area contributed by atoms with Crippen LogP contribution >= 0.6 is 0 Å². The van der Waals surface area contributed by atoms with Crippen molar-refractivity contribution in [3.05, 3.63) is 58.7 Å². The molecule has 25 heavy (non-hydrogen) atoms. The third-order valence-electron chi connectivity index (χ3n) is 4.26. The van der Waals surface area contributed by atoms with Crippen LogP contribution in [0.1, 0.15) is 10.6 Å². The van der Waals surface area contributed by atoms with E-state index in [0.717, 1.165) is 0 Å². The largest absolute Gasteiger partial charge is 0.459 e. The fourth-order valence-electron chi connectivity index (χ4n) is 3.03. The van der Waals surface area contributed by atoms with Crippen LogP contribution in [0.25, 0.3) is 5.65 Å². The van der Waals surface area contributed by atoms with Gasteiger partial charge in [-0.25, -0.2) is 0 Å². The number of imidazole rings is 1. The first-order valence-corrected chi connectivity index (χ1v) is 7.84. The Hall–Kier alpha value is -3.36. The lowest BCUT2D eigenvalue weighted by Crippen LogP contribution is -2.49. The second-order valence-corrected chi connectivity index (χ2v) is 5.70. The van der Waals surface area contributed by atoms with E-state index < -0.39 is 4.92 Å². The summed E-state index contributed by atoms with van der Waals surface area (Å²) in [6.45, 7) is 1.84. The number of carbonyl (C=O) groups is 1. The fraction of sp³-hybridized carbons (Fsp3) is 0.250. The number of anilines is 1. The van der Waals surface area contributed by atoms with Crippen molar-refractivity contribution >= 4 is 23.2 Å². The Bertz CT molecular complexity index is 925. The third-order valence-corrected chi connectivity index (χ3v) is 4.26. The maximum Gasteiger partial charge on any atom is 0.372 e. The Morgan fingerprint density at radius 1 is 1.16 bits per heavy atom. The van der Waals surface area contributed by atoms with E-state index in [1.165, 1.54) is 10.7 Å². The molecule has 4 rings (SSSR count).